The van der Waals surface area contributed by atoms with Gasteiger partial charge in [-0.2, -0.15) is 0 Å². The number of halogens is 1. The van der Waals surface area contributed by atoms with Crippen LogP contribution >= 0.6 is 0 Å². The van der Waals surface area contributed by atoms with Crippen molar-refractivity contribution in [2.24, 2.45) is 11.8 Å². The van der Waals surface area contributed by atoms with Gasteiger partial charge < -0.3 is 9.84 Å². The van der Waals surface area contributed by atoms with Crippen molar-refractivity contribution in [2.45, 2.75) is 71.3 Å². The van der Waals surface area contributed by atoms with Gasteiger partial charge in [0.05, 0.1) is 12.1 Å². The quantitative estimate of drug-likeness (QED) is 0.373. The van der Waals surface area contributed by atoms with Crippen LogP contribution in [0.4, 0.5) is 4.39 Å². The Balaban J connectivity index is 1.46. The number of hydrogen-bond donors (Lipinski definition) is 1. The molecule has 3 aromatic rings. The highest BCUT2D eigenvalue weighted by molar-refractivity contribution is 5.71. The van der Waals surface area contributed by atoms with Crippen LogP contribution in [-0.4, -0.2) is 16.1 Å². The normalized spacial score (nSPS) is 18.9. The number of hydrogen-bond acceptors (Lipinski definition) is 3. The summed E-state index contributed by atoms with van der Waals surface area (Å²) in [4.78, 5) is 15.8. The van der Waals surface area contributed by atoms with Crippen LogP contribution in [0.1, 0.15) is 85.9 Å². The molecule has 1 fully saturated rings. The summed E-state index contributed by atoms with van der Waals surface area (Å²) >= 11 is 0. The molecular formula is C31H34FNO3. The Morgan fingerprint density at radius 2 is 1.83 bits per heavy atom. The third-order valence-electron chi connectivity index (χ3n) is 7.83. The van der Waals surface area contributed by atoms with Gasteiger partial charge in [0.1, 0.15) is 17.7 Å². The number of pyridine rings is 1. The van der Waals surface area contributed by atoms with Crippen molar-refractivity contribution in [3.8, 4) is 16.9 Å². The molecule has 0 radical (unpaired) electrons. The molecule has 0 spiro atoms. The lowest BCUT2D eigenvalue weighted by atomic mass is 9.82. The predicted octanol–water partition coefficient (Wildman–Crippen LogP) is 7.60. The molecule has 3 atom stereocenters. The fourth-order valence-electron chi connectivity index (χ4n) is 5.66. The van der Waals surface area contributed by atoms with E-state index in [2.05, 4.69) is 49.2 Å². The first-order chi connectivity index (χ1) is 17.2. The minimum absolute atomic E-state index is 0.0160. The van der Waals surface area contributed by atoms with Crippen LogP contribution in [0.15, 0.2) is 48.7 Å². The van der Waals surface area contributed by atoms with E-state index < -0.39 is 11.9 Å². The minimum atomic E-state index is -0.745. The minimum Gasteiger partial charge on any atom is -0.485 e. The molecule has 188 valence electrons. The molecule has 5 rings (SSSR count). The Morgan fingerprint density at radius 1 is 1.06 bits per heavy atom. The van der Waals surface area contributed by atoms with E-state index in [9.17, 15) is 14.3 Å². The second-order valence-corrected chi connectivity index (χ2v) is 10.8. The average molecular weight is 488 g/mol. The number of rotatable bonds is 7. The van der Waals surface area contributed by atoms with E-state index in [-0.39, 0.29) is 23.8 Å². The lowest BCUT2D eigenvalue weighted by Crippen LogP contribution is -2.21. The summed E-state index contributed by atoms with van der Waals surface area (Å²) in [7, 11) is 0. The van der Waals surface area contributed by atoms with E-state index in [1.807, 2.05) is 19.9 Å². The Labute approximate surface area is 212 Å². The number of carbonyl (C=O) groups is 1. The van der Waals surface area contributed by atoms with Crippen molar-refractivity contribution in [2.75, 3.05) is 0 Å². The monoisotopic (exact) mass is 487 g/mol. The van der Waals surface area contributed by atoms with E-state index in [4.69, 9.17) is 4.74 Å². The number of aromatic nitrogens is 1. The summed E-state index contributed by atoms with van der Waals surface area (Å²) < 4.78 is 21.2. The second kappa shape index (κ2) is 9.68. The van der Waals surface area contributed by atoms with Crippen LogP contribution in [0.25, 0.3) is 11.1 Å². The number of fused-ring (bicyclic) bond motifs is 1. The van der Waals surface area contributed by atoms with E-state index in [1.165, 1.54) is 11.8 Å². The van der Waals surface area contributed by atoms with Crippen molar-refractivity contribution in [3.63, 3.8) is 0 Å². The molecule has 1 aromatic heterocycles. The van der Waals surface area contributed by atoms with Crippen LogP contribution in [0, 0.1) is 24.6 Å². The maximum atomic E-state index is 14.7. The third-order valence-corrected chi connectivity index (χ3v) is 7.83. The summed E-state index contributed by atoms with van der Waals surface area (Å²) in [5.41, 5.74) is 6.67. The second-order valence-electron chi connectivity index (χ2n) is 10.8. The van der Waals surface area contributed by atoms with Gasteiger partial charge in [-0.3, -0.25) is 9.78 Å². The number of aryl methyl sites for hydroxylation is 2. The zero-order chi connectivity index (χ0) is 25.6. The van der Waals surface area contributed by atoms with Gasteiger partial charge in [-0.25, -0.2) is 4.39 Å². The Kier molecular flexibility index (Phi) is 6.59. The SMILES string of the molecule is Cc1cc(-c2ccc(C3CCc4ccc([C@H](C5CC5)[C@H](C)C(=O)O)cc4O3)cc2C(C)C)c(F)cn1. The first kappa shape index (κ1) is 24.5. The zero-order valence-corrected chi connectivity index (χ0v) is 21.4. The average Bonchev–Trinajstić information content (AvgIpc) is 3.70. The van der Waals surface area contributed by atoms with Crippen LogP contribution < -0.4 is 4.74 Å². The summed E-state index contributed by atoms with van der Waals surface area (Å²) in [6.07, 6.45) is 5.14. The molecule has 5 heteroatoms. The van der Waals surface area contributed by atoms with E-state index in [1.54, 1.807) is 6.07 Å². The highest BCUT2D eigenvalue weighted by Gasteiger charge is 2.39. The van der Waals surface area contributed by atoms with Crippen LogP contribution in [0.3, 0.4) is 0 Å². The number of nitrogens with zero attached hydrogens (tertiary/aromatic N) is 1. The maximum Gasteiger partial charge on any atom is 0.306 e. The van der Waals surface area contributed by atoms with Gasteiger partial charge in [0.2, 0.25) is 0 Å². The lowest BCUT2D eigenvalue weighted by Gasteiger charge is -2.29. The largest absolute Gasteiger partial charge is 0.485 e. The smallest absolute Gasteiger partial charge is 0.306 e. The standard InChI is InChI=1S/C31H34FNO3/c1-17(2)25-14-22(9-11-24(25)26-13-18(3)33-16-27(26)32)28-12-10-20-5-8-23(15-29(20)36-28)30(21-6-7-21)19(4)31(34)35/h5,8-9,11,13-17,19,21,28,30H,6-7,10,12H2,1-4H3,(H,34,35)/t19-,28?,30-/m0/s1. The number of ether oxygens (including phenoxy) is 1. The number of benzene rings is 2. The van der Waals surface area contributed by atoms with Crippen molar-refractivity contribution >= 4 is 5.97 Å². The topological polar surface area (TPSA) is 59.4 Å². The molecule has 0 amide bonds. The molecule has 4 nitrogen and oxygen atoms in total. The Morgan fingerprint density at radius 3 is 2.53 bits per heavy atom. The zero-order valence-electron chi connectivity index (χ0n) is 21.4. The summed E-state index contributed by atoms with van der Waals surface area (Å²) in [5.74, 6) is 0.0459. The van der Waals surface area contributed by atoms with E-state index >= 15 is 0 Å². The molecule has 1 saturated carbocycles. The first-order valence-electron chi connectivity index (χ1n) is 13.0. The fourth-order valence-corrected chi connectivity index (χ4v) is 5.66. The molecular weight excluding hydrogens is 453 g/mol. The first-order valence-corrected chi connectivity index (χ1v) is 13.0. The van der Waals surface area contributed by atoms with Gasteiger partial charge in [0.15, 0.2) is 0 Å². The molecule has 1 N–H and O–H groups in total. The highest BCUT2D eigenvalue weighted by atomic mass is 19.1. The van der Waals surface area contributed by atoms with Gasteiger partial charge >= 0.3 is 5.97 Å². The van der Waals surface area contributed by atoms with Gasteiger partial charge in [-0.15, -0.1) is 0 Å². The van der Waals surface area contributed by atoms with Gasteiger partial charge in [-0.1, -0.05) is 51.1 Å². The Hall–Kier alpha value is -3.21. The van der Waals surface area contributed by atoms with Crippen LogP contribution in [0.2, 0.25) is 0 Å². The van der Waals surface area contributed by atoms with Crippen LogP contribution in [0.5, 0.6) is 5.75 Å². The third kappa shape index (κ3) is 4.76. The number of carboxylic acids is 1. The predicted molar refractivity (Wildman–Crippen MR) is 139 cm³/mol. The molecule has 2 heterocycles. The molecule has 2 aliphatic rings. The van der Waals surface area contributed by atoms with E-state index in [0.29, 0.717) is 11.5 Å². The van der Waals surface area contributed by atoms with Crippen molar-refractivity contribution < 1.29 is 19.0 Å². The van der Waals surface area contributed by atoms with Gasteiger partial charge in [-0.05, 0) is 90.3 Å². The highest BCUT2D eigenvalue weighted by Crippen LogP contribution is 2.48. The lowest BCUT2D eigenvalue weighted by molar-refractivity contribution is -0.142. The molecule has 1 aliphatic heterocycles. The van der Waals surface area contributed by atoms with Crippen molar-refractivity contribution in [3.05, 3.63) is 82.4 Å². The molecule has 36 heavy (non-hydrogen) atoms. The summed E-state index contributed by atoms with van der Waals surface area (Å²) in [6, 6.07) is 14.3. The Bertz CT molecular complexity index is 1300. The summed E-state index contributed by atoms with van der Waals surface area (Å²) in [6.45, 7) is 7.94. The number of aliphatic carboxylic acids is 1. The van der Waals surface area contributed by atoms with Crippen molar-refractivity contribution in [1.29, 1.82) is 0 Å². The van der Waals surface area contributed by atoms with Crippen LogP contribution in [-0.2, 0) is 11.2 Å². The number of carboxylic acid groups (broad SMARTS) is 1. The molecule has 0 bridgehead atoms. The molecule has 0 saturated heterocycles. The van der Waals surface area contributed by atoms with E-state index in [0.717, 1.165) is 59.4 Å². The van der Waals surface area contributed by atoms with Gasteiger partial charge in [0, 0.05) is 11.3 Å². The maximum absolute atomic E-state index is 14.7. The molecule has 1 aliphatic carbocycles. The van der Waals surface area contributed by atoms with Gasteiger partial charge in [0.25, 0.3) is 0 Å². The fraction of sp³-hybridized carbons (Fsp3) is 0.419. The summed E-state index contributed by atoms with van der Waals surface area (Å²) in [5, 5.41) is 9.67. The van der Waals surface area contributed by atoms with Crippen molar-refractivity contribution in [1.82, 2.24) is 4.98 Å². The molecule has 2 aromatic carbocycles. The molecule has 1 unspecified atom stereocenters.